The number of rotatable bonds is 4. The number of piperidine rings is 1. The van der Waals surface area contributed by atoms with E-state index in [9.17, 15) is 9.59 Å². The van der Waals surface area contributed by atoms with Crippen molar-refractivity contribution in [3.8, 4) is 0 Å². The van der Waals surface area contributed by atoms with Gasteiger partial charge in [-0.05, 0) is 19.8 Å². The normalized spacial score (nSPS) is 15.8. The van der Waals surface area contributed by atoms with Crippen LogP contribution in [0.5, 0.6) is 0 Å². The van der Waals surface area contributed by atoms with Gasteiger partial charge in [-0.25, -0.2) is 14.6 Å². The van der Waals surface area contributed by atoms with E-state index in [2.05, 4.69) is 36.4 Å². The number of nitrogens with zero attached hydrogens (tertiary/aromatic N) is 2. The van der Waals surface area contributed by atoms with Crippen LogP contribution in [0, 0.1) is 0 Å². The summed E-state index contributed by atoms with van der Waals surface area (Å²) < 4.78 is 4.99. The van der Waals surface area contributed by atoms with Crippen LogP contribution in [0.25, 0.3) is 0 Å². The van der Waals surface area contributed by atoms with Gasteiger partial charge in [0.1, 0.15) is 5.01 Å². The zero-order chi connectivity index (χ0) is 18.4. The Morgan fingerprint density at radius 2 is 2.04 bits per heavy atom. The van der Waals surface area contributed by atoms with Crippen molar-refractivity contribution in [3.05, 3.63) is 16.1 Å². The molecule has 0 aromatic carbocycles. The van der Waals surface area contributed by atoms with Gasteiger partial charge >= 0.3 is 12.1 Å². The Kier molecular flexibility index (Phi) is 6.64. The summed E-state index contributed by atoms with van der Waals surface area (Å²) in [6, 6.07) is -0.116. The lowest BCUT2D eigenvalue weighted by molar-refractivity contribution is 0.0957. The highest BCUT2D eigenvalue weighted by Gasteiger charge is 2.24. The number of urea groups is 1. The van der Waals surface area contributed by atoms with Crippen molar-refractivity contribution < 1.29 is 14.3 Å². The van der Waals surface area contributed by atoms with Gasteiger partial charge in [-0.3, -0.25) is 0 Å². The summed E-state index contributed by atoms with van der Waals surface area (Å²) in [6.07, 6.45) is 1.19. The maximum absolute atomic E-state index is 12.1. The maximum atomic E-state index is 12.1. The molecule has 25 heavy (non-hydrogen) atoms. The highest BCUT2D eigenvalue weighted by molar-refractivity contribution is 7.09. The molecular weight excluding hydrogens is 340 g/mol. The van der Waals surface area contributed by atoms with Gasteiger partial charge in [-0.2, -0.15) is 0 Å². The van der Waals surface area contributed by atoms with E-state index >= 15 is 0 Å². The first-order chi connectivity index (χ1) is 11.8. The minimum atomic E-state index is -0.274. The number of carbonyl (C=O) groups excluding carboxylic acids is 2. The molecule has 0 radical (unpaired) electrons. The van der Waals surface area contributed by atoms with Crippen molar-refractivity contribution >= 4 is 23.5 Å². The molecule has 0 bridgehead atoms. The van der Waals surface area contributed by atoms with Crippen LogP contribution in [0.15, 0.2) is 5.38 Å². The fourth-order valence-corrected chi connectivity index (χ4v) is 3.51. The third-order valence-corrected chi connectivity index (χ3v) is 4.93. The first-order valence-corrected chi connectivity index (χ1v) is 9.58. The van der Waals surface area contributed by atoms with Gasteiger partial charge < -0.3 is 20.3 Å². The molecule has 7 nitrogen and oxygen atoms in total. The Labute approximate surface area is 153 Å². The number of nitrogens with one attached hydrogen (secondary N) is 2. The second-order valence-corrected chi connectivity index (χ2v) is 8.11. The van der Waals surface area contributed by atoms with E-state index in [1.165, 1.54) is 0 Å². The van der Waals surface area contributed by atoms with Crippen LogP contribution >= 0.6 is 11.3 Å². The molecule has 0 spiro atoms. The molecule has 140 valence electrons. The number of likely N-dealkylation sites (tertiary alicyclic amines) is 1. The molecule has 2 heterocycles. The Bertz CT molecular complexity index is 589. The standard InChI is InChI=1S/C17H28N4O3S/c1-5-24-16(23)21-8-6-12(7-9-21)19-15(22)18-10-14-20-13(11-25-14)17(2,3)4/h11-12H,5-10H2,1-4H3,(H2,18,19,22). The molecule has 2 N–H and O–H groups in total. The van der Waals surface area contributed by atoms with Crippen LogP contribution in [0.1, 0.15) is 51.2 Å². The van der Waals surface area contributed by atoms with E-state index in [0.717, 1.165) is 23.5 Å². The van der Waals surface area contributed by atoms with Gasteiger partial charge in [0.15, 0.2) is 0 Å². The largest absolute Gasteiger partial charge is 0.450 e. The van der Waals surface area contributed by atoms with Crippen molar-refractivity contribution in [1.82, 2.24) is 20.5 Å². The van der Waals surface area contributed by atoms with Crippen LogP contribution in [0.3, 0.4) is 0 Å². The highest BCUT2D eigenvalue weighted by Crippen LogP contribution is 2.23. The zero-order valence-corrected chi connectivity index (χ0v) is 16.2. The van der Waals surface area contributed by atoms with E-state index in [0.29, 0.717) is 26.2 Å². The molecule has 1 fully saturated rings. The van der Waals surface area contributed by atoms with Crippen LogP contribution < -0.4 is 10.6 Å². The summed E-state index contributed by atoms with van der Waals surface area (Å²) >= 11 is 1.56. The second-order valence-electron chi connectivity index (χ2n) is 7.16. The first kappa shape index (κ1) is 19.5. The van der Waals surface area contributed by atoms with Crippen molar-refractivity contribution in [2.45, 2.75) is 58.5 Å². The van der Waals surface area contributed by atoms with E-state index in [-0.39, 0.29) is 23.6 Å². The summed E-state index contributed by atoms with van der Waals surface area (Å²) in [4.78, 5) is 30.0. The number of hydrogen-bond acceptors (Lipinski definition) is 5. The lowest BCUT2D eigenvalue weighted by atomic mass is 9.93. The molecule has 0 aliphatic carbocycles. The fourth-order valence-electron chi connectivity index (χ4n) is 2.55. The number of thiazole rings is 1. The minimum Gasteiger partial charge on any atom is -0.450 e. The Morgan fingerprint density at radius 3 is 2.60 bits per heavy atom. The van der Waals surface area contributed by atoms with E-state index < -0.39 is 0 Å². The van der Waals surface area contributed by atoms with E-state index in [4.69, 9.17) is 4.74 Å². The third kappa shape index (κ3) is 5.88. The molecule has 1 saturated heterocycles. The molecule has 1 aromatic rings. The predicted molar refractivity (Wildman–Crippen MR) is 97.8 cm³/mol. The van der Waals surface area contributed by atoms with Crippen LogP contribution in [-0.2, 0) is 16.7 Å². The molecule has 1 aliphatic heterocycles. The number of aromatic nitrogens is 1. The molecular formula is C17H28N4O3S. The van der Waals surface area contributed by atoms with E-state index in [1.807, 2.05) is 5.38 Å². The summed E-state index contributed by atoms with van der Waals surface area (Å²) in [7, 11) is 0. The molecule has 1 aliphatic rings. The third-order valence-electron chi connectivity index (χ3n) is 4.08. The van der Waals surface area contributed by atoms with Crippen LogP contribution in [0.2, 0.25) is 0 Å². The summed E-state index contributed by atoms with van der Waals surface area (Å²) in [5.41, 5.74) is 1.06. The second kappa shape index (κ2) is 8.51. The van der Waals surface area contributed by atoms with Gasteiger partial charge in [0.2, 0.25) is 0 Å². The maximum Gasteiger partial charge on any atom is 0.409 e. The number of amides is 3. The Morgan fingerprint density at radius 1 is 1.36 bits per heavy atom. The van der Waals surface area contributed by atoms with E-state index in [1.54, 1.807) is 23.2 Å². The fraction of sp³-hybridized carbons (Fsp3) is 0.706. The molecule has 2 rings (SSSR count). The van der Waals surface area contributed by atoms with Gasteiger partial charge in [-0.15, -0.1) is 11.3 Å². The molecule has 0 unspecified atom stereocenters. The van der Waals surface area contributed by atoms with Gasteiger partial charge in [-0.1, -0.05) is 20.8 Å². The Balaban J connectivity index is 1.71. The minimum absolute atomic E-state index is 0.0178. The number of carbonyl (C=O) groups is 2. The quantitative estimate of drug-likeness (QED) is 0.856. The lowest BCUT2D eigenvalue weighted by Gasteiger charge is -2.31. The lowest BCUT2D eigenvalue weighted by Crippen LogP contribution is -2.49. The van der Waals surface area contributed by atoms with Gasteiger partial charge in [0, 0.05) is 29.9 Å². The first-order valence-electron chi connectivity index (χ1n) is 8.70. The molecule has 8 heteroatoms. The van der Waals surface area contributed by atoms with Crippen LogP contribution in [-0.4, -0.2) is 47.7 Å². The van der Waals surface area contributed by atoms with Crippen molar-refractivity contribution in [2.24, 2.45) is 0 Å². The van der Waals surface area contributed by atoms with Gasteiger partial charge in [0.05, 0.1) is 18.8 Å². The Hall–Kier alpha value is -1.83. The van der Waals surface area contributed by atoms with Crippen molar-refractivity contribution in [2.75, 3.05) is 19.7 Å². The average Bonchev–Trinajstić information content (AvgIpc) is 3.03. The summed E-state index contributed by atoms with van der Waals surface area (Å²) in [5.74, 6) is 0. The molecule has 3 amide bonds. The number of ether oxygens (including phenoxy) is 1. The summed E-state index contributed by atoms with van der Waals surface area (Å²) in [6.45, 7) is 10.2. The smallest absolute Gasteiger partial charge is 0.409 e. The topological polar surface area (TPSA) is 83.6 Å². The molecule has 0 saturated carbocycles. The highest BCUT2D eigenvalue weighted by atomic mass is 32.1. The number of hydrogen-bond donors (Lipinski definition) is 2. The van der Waals surface area contributed by atoms with Crippen LogP contribution in [0.4, 0.5) is 9.59 Å². The van der Waals surface area contributed by atoms with Crippen molar-refractivity contribution in [1.29, 1.82) is 0 Å². The average molecular weight is 369 g/mol. The summed E-state index contributed by atoms with van der Waals surface area (Å²) in [5, 5.41) is 8.77. The monoisotopic (exact) mass is 368 g/mol. The van der Waals surface area contributed by atoms with Crippen molar-refractivity contribution in [3.63, 3.8) is 0 Å². The predicted octanol–water partition coefficient (Wildman–Crippen LogP) is 2.86. The van der Waals surface area contributed by atoms with Gasteiger partial charge in [0.25, 0.3) is 0 Å². The molecule has 1 aromatic heterocycles. The zero-order valence-electron chi connectivity index (χ0n) is 15.4. The molecule has 0 atom stereocenters. The SMILES string of the molecule is CCOC(=O)N1CCC(NC(=O)NCc2nc(C(C)(C)C)cs2)CC1.